The SMILES string of the molecule is C=CC(=O)NC(CNC(=O)c1nc(C)c(C)nc1C)c1ccccc1OC. The van der Waals surface area contributed by atoms with E-state index in [1.165, 1.54) is 6.08 Å². The van der Waals surface area contributed by atoms with Crippen LogP contribution in [0.1, 0.15) is 39.2 Å². The maximum Gasteiger partial charge on any atom is 0.271 e. The van der Waals surface area contributed by atoms with Crippen LogP contribution in [0, 0.1) is 20.8 Å². The van der Waals surface area contributed by atoms with Crippen molar-refractivity contribution < 1.29 is 14.3 Å². The maximum atomic E-state index is 12.6. The Morgan fingerprint density at radius 3 is 2.48 bits per heavy atom. The summed E-state index contributed by atoms with van der Waals surface area (Å²) in [5.74, 6) is -0.0820. The Bertz CT molecular complexity index is 864. The Morgan fingerprint density at radius 2 is 1.81 bits per heavy atom. The minimum atomic E-state index is -0.490. The number of nitrogens with zero attached hydrogens (tertiary/aromatic N) is 2. The molecule has 1 aromatic heterocycles. The van der Waals surface area contributed by atoms with Crippen LogP contribution in [0.4, 0.5) is 0 Å². The number of carbonyl (C=O) groups is 2. The number of amides is 2. The van der Waals surface area contributed by atoms with Gasteiger partial charge >= 0.3 is 0 Å². The molecule has 1 unspecified atom stereocenters. The van der Waals surface area contributed by atoms with Gasteiger partial charge in [0.15, 0.2) is 0 Å². The highest BCUT2D eigenvalue weighted by molar-refractivity contribution is 5.93. The largest absolute Gasteiger partial charge is 0.496 e. The molecule has 142 valence electrons. The summed E-state index contributed by atoms with van der Waals surface area (Å²) in [7, 11) is 1.55. The zero-order chi connectivity index (χ0) is 20.0. The summed E-state index contributed by atoms with van der Waals surface area (Å²) in [5, 5.41) is 5.63. The number of nitrogens with one attached hydrogen (secondary N) is 2. The molecule has 7 heteroatoms. The van der Waals surface area contributed by atoms with Crippen LogP contribution in [0.3, 0.4) is 0 Å². The van der Waals surface area contributed by atoms with Crippen LogP contribution >= 0.6 is 0 Å². The van der Waals surface area contributed by atoms with Crippen molar-refractivity contribution in [3.63, 3.8) is 0 Å². The van der Waals surface area contributed by atoms with Gasteiger partial charge in [-0.1, -0.05) is 24.8 Å². The second kappa shape index (κ2) is 8.93. The zero-order valence-electron chi connectivity index (χ0n) is 16.0. The van der Waals surface area contributed by atoms with Crippen LogP contribution in [0.25, 0.3) is 0 Å². The van der Waals surface area contributed by atoms with E-state index in [-0.39, 0.29) is 24.1 Å². The lowest BCUT2D eigenvalue weighted by Crippen LogP contribution is -2.38. The van der Waals surface area contributed by atoms with Crippen LogP contribution < -0.4 is 15.4 Å². The van der Waals surface area contributed by atoms with Gasteiger partial charge in [-0.2, -0.15) is 0 Å². The molecule has 0 aliphatic carbocycles. The van der Waals surface area contributed by atoms with Crippen molar-refractivity contribution >= 4 is 11.8 Å². The Kier molecular flexibility index (Phi) is 6.65. The minimum absolute atomic E-state index is 0.160. The number of carbonyl (C=O) groups excluding carboxylic acids is 2. The van der Waals surface area contributed by atoms with Crippen molar-refractivity contribution in [3.8, 4) is 5.75 Å². The van der Waals surface area contributed by atoms with Gasteiger partial charge in [0.1, 0.15) is 11.4 Å². The molecule has 0 bridgehead atoms. The molecule has 0 saturated heterocycles. The molecule has 0 aliphatic heterocycles. The van der Waals surface area contributed by atoms with Crippen LogP contribution in [0.5, 0.6) is 5.75 Å². The lowest BCUT2D eigenvalue weighted by molar-refractivity contribution is -0.117. The molecule has 2 rings (SSSR count). The molecule has 27 heavy (non-hydrogen) atoms. The number of methoxy groups -OCH3 is 1. The molecular formula is C20H24N4O3. The molecule has 1 aromatic carbocycles. The standard InChI is InChI=1S/C20H24N4O3/c1-6-18(25)24-16(15-9-7-8-10-17(15)27-5)11-21-20(26)19-14(4)22-12(2)13(3)23-19/h6-10,16H,1,11H2,2-5H3,(H,21,26)(H,24,25). The first kappa shape index (κ1) is 20.1. The third-order valence-electron chi connectivity index (χ3n) is 4.18. The van der Waals surface area contributed by atoms with Crippen molar-refractivity contribution in [2.45, 2.75) is 26.8 Å². The summed E-state index contributed by atoms with van der Waals surface area (Å²) in [6, 6.07) is 6.81. The van der Waals surface area contributed by atoms with Crippen LogP contribution in [-0.2, 0) is 4.79 Å². The van der Waals surface area contributed by atoms with E-state index in [9.17, 15) is 9.59 Å². The number of hydrogen-bond donors (Lipinski definition) is 2. The predicted octanol–water partition coefficient (Wildman–Crippen LogP) is 2.18. The van der Waals surface area contributed by atoms with Crippen molar-refractivity contribution in [3.05, 3.63) is 65.3 Å². The van der Waals surface area contributed by atoms with Crippen LogP contribution in [0.15, 0.2) is 36.9 Å². The summed E-state index contributed by atoms with van der Waals surface area (Å²) >= 11 is 0. The molecule has 0 saturated carbocycles. The van der Waals surface area contributed by atoms with E-state index in [4.69, 9.17) is 4.74 Å². The average Bonchev–Trinajstić information content (AvgIpc) is 2.67. The predicted molar refractivity (Wildman–Crippen MR) is 103 cm³/mol. The van der Waals surface area contributed by atoms with E-state index in [2.05, 4.69) is 27.2 Å². The molecule has 2 amide bonds. The Morgan fingerprint density at radius 1 is 1.15 bits per heavy atom. The maximum absolute atomic E-state index is 12.6. The number of rotatable bonds is 7. The van der Waals surface area contributed by atoms with Gasteiger partial charge in [0.05, 0.1) is 30.2 Å². The monoisotopic (exact) mass is 368 g/mol. The molecule has 1 atom stereocenters. The van der Waals surface area contributed by atoms with Crippen LogP contribution in [0.2, 0.25) is 0 Å². The van der Waals surface area contributed by atoms with Crippen LogP contribution in [-0.4, -0.2) is 35.4 Å². The number of ether oxygens (including phenoxy) is 1. The number of aromatic nitrogens is 2. The van der Waals surface area contributed by atoms with Crippen molar-refractivity contribution in [1.82, 2.24) is 20.6 Å². The quantitative estimate of drug-likeness (QED) is 0.731. The summed E-state index contributed by atoms with van der Waals surface area (Å²) in [5.41, 5.74) is 3.06. The molecule has 1 heterocycles. The molecule has 0 radical (unpaired) electrons. The minimum Gasteiger partial charge on any atom is -0.496 e. The molecule has 0 spiro atoms. The van der Waals surface area contributed by atoms with E-state index in [0.29, 0.717) is 17.1 Å². The summed E-state index contributed by atoms with van der Waals surface area (Å²) in [6.07, 6.45) is 1.18. The highest BCUT2D eigenvalue weighted by Crippen LogP contribution is 2.24. The first-order chi connectivity index (χ1) is 12.9. The highest BCUT2D eigenvalue weighted by atomic mass is 16.5. The lowest BCUT2D eigenvalue weighted by Gasteiger charge is -2.21. The van der Waals surface area contributed by atoms with Crippen molar-refractivity contribution in [2.75, 3.05) is 13.7 Å². The molecule has 0 aliphatic rings. The van der Waals surface area contributed by atoms with Gasteiger partial charge in [-0.3, -0.25) is 14.6 Å². The third kappa shape index (κ3) is 4.91. The number of hydrogen-bond acceptors (Lipinski definition) is 5. The van der Waals surface area contributed by atoms with E-state index < -0.39 is 6.04 Å². The zero-order valence-corrected chi connectivity index (χ0v) is 16.0. The van der Waals surface area contributed by atoms with Gasteiger partial charge in [-0.25, -0.2) is 4.98 Å². The summed E-state index contributed by atoms with van der Waals surface area (Å²) in [6.45, 7) is 9.03. The van der Waals surface area contributed by atoms with E-state index in [1.807, 2.05) is 25.1 Å². The topological polar surface area (TPSA) is 93.2 Å². The van der Waals surface area contributed by atoms with E-state index >= 15 is 0 Å². The molecule has 0 fully saturated rings. The highest BCUT2D eigenvalue weighted by Gasteiger charge is 2.20. The average molecular weight is 368 g/mol. The number of para-hydroxylation sites is 1. The van der Waals surface area contributed by atoms with Crippen molar-refractivity contribution in [1.29, 1.82) is 0 Å². The lowest BCUT2D eigenvalue weighted by atomic mass is 10.1. The first-order valence-corrected chi connectivity index (χ1v) is 8.53. The fraction of sp³-hybridized carbons (Fsp3) is 0.300. The Labute approximate surface area is 158 Å². The summed E-state index contributed by atoms with van der Waals surface area (Å²) < 4.78 is 5.37. The Balaban J connectivity index is 2.23. The summed E-state index contributed by atoms with van der Waals surface area (Å²) in [4.78, 5) is 33.1. The van der Waals surface area contributed by atoms with Gasteiger partial charge < -0.3 is 15.4 Å². The van der Waals surface area contributed by atoms with Gasteiger partial charge in [0.2, 0.25) is 5.91 Å². The van der Waals surface area contributed by atoms with Gasteiger partial charge in [0.25, 0.3) is 5.91 Å². The van der Waals surface area contributed by atoms with Gasteiger partial charge in [0, 0.05) is 12.1 Å². The Hall–Kier alpha value is -3.22. The van der Waals surface area contributed by atoms with Gasteiger partial charge in [-0.15, -0.1) is 0 Å². The number of benzene rings is 1. The normalized spacial score (nSPS) is 11.4. The fourth-order valence-electron chi connectivity index (χ4n) is 2.63. The van der Waals surface area contributed by atoms with E-state index in [1.54, 1.807) is 27.0 Å². The van der Waals surface area contributed by atoms with Gasteiger partial charge in [-0.05, 0) is 32.9 Å². The fourth-order valence-corrected chi connectivity index (χ4v) is 2.63. The second-order valence-electron chi connectivity index (χ2n) is 6.05. The first-order valence-electron chi connectivity index (χ1n) is 8.53. The molecule has 7 nitrogen and oxygen atoms in total. The second-order valence-corrected chi connectivity index (χ2v) is 6.05. The molecular weight excluding hydrogens is 344 g/mol. The van der Waals surface area contributed by atoms with Crippen molar-refractivity contribution in [2.24, 2.45) is 0 Å². The smallest absolute Gasteiger partial charge is 0.271 e. The molecule has 2 aromatic rings. The molecule has 2 N–H and O–H groups in total. The van der Waals surface area contributed by atoms with E-state index in [0.717, 1.165) is 11.3 Å². The number of aryl methyl sites for hydroxylation is 3. The third-order valence-corrected chi connectivity index (χ3v) is 4.18.